The Labute approximate surface area is 192 Å². The van der Waals surface area contributed by atoms with Gasteiger partial charge < -0.3 is 0 Å². The summed E-state index contributed by atoms with van der Waals surface area (Å²) in [5.41, 5.74) is 3.62. The van der Waals surface area contributed by atoms with E-state index in [4.69, 9.17) is 4.99 Å². The lowest BCUT2D eigenvalue weighted by molar-refractivity contribution is -0.137. The molecule has 0 amide bonds. The molecule has 1 atom stereocenters. The standard InChI is InChI=1S/C28H27F3N2/c29-28(30,31)24-13-7-8-20(18-24)19-32-26-23-14-16-33(17-15-23)27(26)25(21-9-3-1-4-10-21)22-11-5-2-6-12-22/h1-13,18,23,25,27H,14-17,19H2. The van der Waals surface area contributed by atoms with E-state index >= 15 is 0 Å². The molecule has 0 saturated carbocycles. The van der Waals surface area contributed by atoms with Crippen molar-refractivity contribution >= 4 is 5.71 Å². The van der Waals surface area contributed by atoms with Gasteiger partial charge >= 0.3 is 6.18 Å². The number of aliphatic imine (C=N–C) groups is 1. The van der Waals surface area contributed by atoms with Crippen molar-refractivity contribution in [3.8, 4) is 0 Å². The molecule has 2 nitrogen and oxygen atoms in total. The Morgan fingerprint density at radius 3 is 2.00 bits per heavy atom. The van der Waals surface area contributed by atoms with Gasteiger partial charge in [-0.3, -0.25) is 9.89 Å². The van der Waals surface area contributed by atoms with E-state index in [2.05, 4.69) is 53.4 Å². The van der Waals surface area contributed by atoms with Crippen LogP contribution in [0.5, 0.6) is 0 Å². The van der Waals surface area contributed by atoms with Gasteiger partial charge in [0, 0.05) is 17.5 Å². The number of fused-ring (bicyclic) bond motifs is 3. The highest BCUT2D eigenvalue weighted by atomic mass is 19.4. The maximum Gasteiger partial charge on any atom is 0.416 e. The van der Waals surface area contributed by atoms with Crippen molar-refractivity contribution in [1.82, 2.24) is 4.90 Å². The fraction of sp³-hybridized carbons (Fsp3) is 0.321. The first-order valence-corrected chi connectivity index (χ1v) is 11.5. The van der Waals surface area contributed by atoms with Gasteiger partial charge in [0.05, 0.1) is 18.2 Å². The molecule has 3 aromatic carbocycles. The minimum absolute atomic E-state index is 0.119. The molecule has 0 spiro atoms. The van der Waals surface area contributed by atoms with Gasteiger partial charge in [0.25, 0.3) is 0 Å². The van der Waals surface area contributed by atoms with Crippen molar-refractivity contribution in [2.75, 3.05) is 13.1 Å². The first kappa shape index (κ1) is 21.9. The molecule has 0 radical (unpaired) electrons. The molecule has 3 fully saturated rings. The van der Waals surface area contributed by atoms with Crippen LogP contribution in [0.2, 0.25) is 0 Å². The SMILES string of the molecule is FC(F)(F)c1cccc(CN=C2C3CCN(CC3)C2C(c2ccccc2)c2ccccc2)c1. The molecule has 2 bridgehead atoms. The van der Waals surface area contributed by atoms with Gasteiger partial charge in [-0.15, -0.1) is 0 Å². The highest BCUT2D eigenvalue weighted by Crippen LogP contribution is 2.40. The van der Waals surface area contributed by atoms with Crippen molar-refractivity contribution < 1.29 is 13.2 Å². The fourth-order valence-corrected chi connectivity index (χ4v) is 5.41. The number of rotatable bonds is 5. The zero-order valence-corrected chi connectivity index (χ0v) is 18.4. The summed E-state index contributed by atoms with van der Waals surface area (Å²) in [6, 6.07) is 26.7. The molecule has 3 saturated heterocycles. The second-order valence-electron chi connectivity index (χ2n) is 8.99. The predicted octanol–water partition coefficient (Wildman–Crippen LogP) is 6.57. The normalized spacial score (nSPS) is 23.9. The van der Waals surface area contributed by atoms with Crippen LogP contribution in [0.1, 0.15) is 41.0 Å². The summed E-state index contributed by atoms with van der Waals surface area (Å²) >= 11 is 0. The Bertz CT molecular complexity index is 1060. The quantitative estimate of drug-likeness (QED) is 0.431. The van der Waals surface area contributed by atoms with Crippen LogP contribution in [0, 0.1) is 5.92 Å². The summed E-state index contributed by atoms with van der Waals surface area (Å²) < 4.78 is 39.6. The Kier molecular flexibility index (Phi) is 6.07. The molecule has 0 aromatic heterocycles. The summed E-state index contributed by atoms with van der Waals surface area (Å²) in [6.45, 7) is 2.35. The van der Waals surface area contributed by atoms with Gasteiger partial charge in [-0.2, -0.15) is 13.2 Å². The van der Waals surface area contributed by atoms with Crippen LogP contribution in [-0.2, 0) is 12.7 Å². The van der Waals surface area contributed by atoms with Crippen LogP contribution in [0.3, 0.4) is 0 Å². The van der Waals surface area contributed by atoms with Gasteiger partial charge in [0.15, 0.2) is 0 Å². The van der Waals surface area contributed by atoms with Crippen molar-refractivity contribution in [3.63, 3.8) is 0 Å². The average molecular weight is 449 g/mol. The molecule has 6 rings (SSSR count). The van der Waals surface area contributed by atoms with E-state index in [1.54, 1.807) is 6.07 Å². The number of alkyl halides is 3. The van der Waals surface area contributed by atoms with Gasteiger partial charge in [-0.1, -0.05) is 72.8 Å². The van der Waals surface area contributed by atoms with E-state index in [9.17, 15) is 13.2 Å². The molecule has 1 unspecified atom stereocenters. The van der Waals surface area contributed by atoms with E-state index in [-0.39, 0.29) is 18.5 Å². The van der Waals surface area contributed by atoms with Gasteiger partial charge in [-0.05, 0) is 54.8 Å². The average Bonchev–Trinajstić information content (AvgIpc) is 2.85. The Morgan fingerprint density at radius 2 is 1.42 bits per heavy atom. The Balaban J connectivity index is 1.53. The first-order valence-electron chi connectivity index (χ1n) is 11.5. The third-order valence-corrected chi connectivity index (χ3v) is 6.98. The second-order valence-corrected chi connectivity index (χ2v) is 8.99. The summed E-state index contributed by atoms with van der Waals surface area (Å²) in [7, 11) is 0. The van der Waals surface area contributed by atoms with E-state index in [1.165, 1.54) is 23.3 Å². The molecular weight excluding hydrogens is 421 g/mol. The summed E-state index contributed by atoms with van der Waals surface area (Å²) in [4.78, 5) is 7.54. The van der Waals surface area contributed by atoms with Crippen molar-refractivity contribution in [1.29, 1.82) is 0 Å². The maximum atomic E-state index is 13.2. The largest absolute Gasteiger partial charge is 0.416 e. The topological polar surface area (TPSA) is 15.6 Å². The summed E-state index contributed by atoms with van der Waals surface area (Å²) in [5.74, 6) is 0.525. The van der Waals surface area contributed by atoms with Crippen LogP contribution in [0.15, 0.2) is 89.9 Å². The molecule has 3 aliphatic rings. The third kappa shape index (κ3) is 4.60. The molecule has 3 heterocycles. The second kappa shape index (κ2) is 9.14. The van der Waals surface area contributed by atoms with Crippen molar-refractivity contribution in [2.24, 2.45) is 10.9 Å². The Hall–Kier alpha value is -2.92. The summed E-state index contributed by atoms with van der Waals surface area (Å²) in [5, 5.41) is 0. The monoisotopic (exact) mass is 448 g/mol. The number of hydrogen-bond donors (Lipinski definition) is 0. The predicted molar refractivity (Wildman–Crippen MR) is 125 cm³/mol. The van der Waals surface area contributed by atoms with Crippen LogP contribution in [-0.4, -0.2) is 29.7 Å². The number of benzene rings is 3. The first-order chi connectivity index (χ1) is 16.0. The molecule has 0 N–H and O–H groups in total. The Morgan fingerprint density at radius 1 is 0.818 bits per heavy atom. The van der Waals surface area contributed by atoms with Crippen LogP contribution in [0.4, 0.5) is 13.2 Å². The lowest BCUT2D eigenvalue weighted by atomic mass is 9.72. The maximum absolute atomic E-state index is 13.2. The minimum atomic E-state index is -4.34. The highest BCUT2D eigenvalue weighted by Gasteiger charge is 2.43. The van der Waals surface area contributed by atoms with Crippen LogP contribution >= 0.6 is 0 Å². The van der Waals surface area contributed by atoms with Gasteiger partial charge in [0.2, 0.25) is 0 Å². The lowest BCUT2D eigenvalue weighted by Crippen LogP contribution is -2.58. The van der Waals surface area contributed by atoms with Gasteiger partial charge in [0.1, 0.15) is 0 Å². The molecule has 0 aliphatic carbocycles. The number of halogens is 3. The lowest BCUT2D eigenvalue weighted by Gasteiger charge is -2.49. The molecule has 5 heteroatoms. The van der Waals surface area contributed by atoms with E-state index in [1.807, 2.05) is 12.1 Å². The molecular formula is C28H27F3N2. The van der Waals surface area contributed by atoms with Crippen LogP contribution in [0.25, 0.3) is 0 Å². The number of piperidine rings is 3. The molecule has 3 aliphatic heterocycles. The molecule has 170 valence electrons. The van der Waals surface area contributed by atoms with Crippen LogP contribution < -0.4 is 0 Å². The number of nitrogens with zero attached hydrogens (tertiary/aromatic N) is 2. The van der Waals surface area contributed by atoms with Crippen molar-refractivity contribution in [3.05, 3.63) is 107 Å². The smallest absolute Gasteiger partial charge is 0.294 e. The highest BCUT2D eigenvalue weighted by molar-refractivity contribution is 5.94. The fourth-order valence-electron chi connectivity index (χ4n) is 5.41. The zero-order valence-electron chi connectivity index (χ0n) is 18.4. The molecule has 3 aromatic rings. The van der Waals surface area contributed by atoms with Gasteiger partial charge in [-0.25, -0.2) is 0 Å². The molecule has 33 heavy (non-hydrogen) atoms. The third-order valence-electron chi connectivity index (χ3n) is 6.98. The van der Waals surface area contributed by atoms with Crippen molar-refractivity contribution in [2.45, 2.75) is 37.5 Å². The summed E-state index contributed by atoms with van der Waals surface area (Å²) in [6.07, 6.45) is -2.21. The van der Waals surface area contributed by atoms with E-state index in [0.717, 1.165) is 37.7 Å². The van der Waals surface area contributed by atoms with E-state index in [0.29, 0.717) is 11.5 Å². The van der Waals surface area contributed by atoms with E-state index < -0.39 is 11.7 Å². The zero-order chi connectivity index (χ0) is 22.8. The minimum Gasteiger partial charge on any atom is -0.294 e. The number of hydrogen-bond acceptors (Lipinski definition) is 2.